The summed E-state index contributed by atoms with van der Waals surface area (Å²) in [7, 11) is 1.44. The van der Waals surface area contributed by atoms with Gasteiger partial charge in [-0.25, -0.2) is 4.79 Å². The molecule has 18 heavy (non-hydrogen) atoms. The molecule has 0 bridgehead atoms. The second kappa shape index (κ2) is 4.91. The molecule has 2 atom stereocenters. The first-order chi connectivity index (χ1) is 8.48. The number of hydrogen-bond donors (Lipinski definition) is 0. The average Bonchev–Trinajstić information content (AvgIpc) is 2.36. The molecular formula is C16H24O2. The maximum Gasteiger partial charge on any atom is 0.333 e. The minimum atomic E-state index is -0.238. The summed E-state index contributed by atoms with van der Waals surface area (Å²) in [5.41, 5.74) is 4.18. The highest BCUT2D eigenvalue weighted by Gasteiger charge is 2.39. The van der Waals surface area contributed by atoms with E-state index in [0.29, 0.717) is 11.0 Å². The molecule has 0 heterocycles. The van der Waals surface area contributed by atoms with Crippen molar-refractivity contribution in [1.82, 2.24) is 0 Å². The van der Waals surface area contributed by atoms with Gasteiger partial charge in [0.15, 0.2) is 0 Å². The van der Waals surface area contributed by atoms with Crippen LogP contribution in [0.3, 0.4) is 0 Å². The number of rotatable bonds is 2. The van der Waals surface area contributed by atoms with Crippen LogP contribution in [-0.2, 0) is 9.53 Å². The first kappa shape index (κ1) is 13.4. The van der Waals surface area contributed by atoms with Crippen LogP contribution in [-0.4, -0.2) is 13.1 Å². The molecule has 0 spiro atoms. The molecule has 100 valence electrons. The minimum Gasteiger partial charge on any atom is -0.466 e. The number of allylic oxidation sites excluding steroid dienone is 2. The zero-order chi connectivity index (χ0) is 13.3. The normalized spacial score (nSPS) is 31.8. The molecule has 2 rings (SSSR count). The molecule has 0 N–H and O–H groups in total. The fraction of sp³-hybridized carbons (Fsp3) is 0.688. The van der Waals surface area contributed by atoms with Gasteiger partial charge in [0.25, 0.3) is 0 Å². The zero-order valence-electron chi connectivity index (χ0n) is 11.8. The van der Waals surface area contributed by atoms with E-state index in [1.165, 1.54) is 32.8 Å². The molecule has 0 unspecified atom stereocenters. The summed E-state index contributed by atoms with van der Waals surface area (Å²) >= 11 is 0. The number of carbonyl (C=O) groups is 1. The summed E-state index contributed by atoms with van der Waals surface area (Å²) in [5.74, 6) is 0.0474. The molecule has 0 saturated heterocycles. The van der Waals surface area contributed by atoms with E-state index < -0.39 is 0 Å². The predicted octanol–water partition coefficient (Wildman–Crippen LogP) is 4.02. The van der Waals surface area contributed by atoms with Crippen LogP contribution in [0.25, 0.3) is 0 Å². The van der Waals surface area contributed by atoms with Gasteiger partial charge in [0.1, 0.15) is 0 Å². The van der Waals surface area contributed by atoms with Gasteiger partial charge in [0.05, 0.1) is 7.11 Å². The smallest absolute Gasteiger partial charge is 0.333 e. The van der Waals surface area contributed by atoms with Gasteiger partial charge in [0, 0.05) is 5.57 Å². The first-order valence-electron chi connectivity index (χ1n) is 6.94. The van der Waals surface area contributed by atoms with Crippen LogP contribution in [0.15, 0.2) is 23.3 Å². The molecule has 2 heteroatoms. The molecule has 2 aliphatic rings. The van der Waals surface area contributed by atoms with E-state index in [-0.39, 0.29) is 11.9 Å². The number of carbonyl (C=O) groups excluding carboxylic acids is 1. The third-order valence-electron chi connectivity index (χ3n) is 4.96. The monoisotopic (exact) mass is 248 g/mol. The predicted molar refractivity (Wildman–Crippen MR) is 73.2 cm³/mol. The van der Waals surface area contributed by atoms with Crippen LogP contribution < -0.4 is 0 Å². The lowest BCUT2D eigenvalue weighted by molar-refractivity contribution is -0.136. The van der Waals surface area contributed by atoms with Crippen LogP contribution >= 0.6 is 0 Å². The summed E-state index contributed by atoms with van der Waals surface area (Å²) in [6.07, 6.45) is 7.10. The van der Waals surface area contributed by atoms with Crippen molar-refractivity contribution in [2.24, 2.45) is 11.3 Å². The molecule has 0 aromatic rings. The first-order valence-corrected chi connectivity index (χ1v) is 6.94. The highest BCUT2D eigenvalue weighted by Crippen LogP contribution is 2.52. The quantitative estimate of drug-likeness (QED) is 0.419. The van der Waals surface area contributed by atoms with Gasteiger partial charge in [-0.3, -0.25) is 0 Å². The number of esters is 1. The highest BCUT2D eigenvalue weighted by atomic mass is 16.5. The van der Waals surface area contributed by atoms with Crippen molar-refractivity contribution >= 4 is 5.97 Å². The second-order valence-corrected chi connectivity index (χ2v) is 6.13. The van der Waals surface area contributed by atoms with Crippen LogP contribution in [0, 0.1) is 11.3 Å². The third kappa shape index (κ3) is 2.25. The standard InChI is InChI=1S/C16H24O2/c1-11-6-5-8-16(3)9-7-13(10-14(11)16)12(2)15(17)18-4/h13H,2,5-10H2,1,3-4H3/t13-,16+/m1/s1. The van der Waals surface area contributed by atoms with Crippen molar-refractivity contribution in [1.29, 1.82) is 0 Å². The molecule has 0 aromatic heterocycles. The number of hydrogen-bond acceptors (Lipinski definition) is 2. The van der Waals surface area contributed by atoms with E-state index in [1.54, 1.807) is 11.1 Å². The summed E-state index contributed by atoms with van der Waals surface area (Å²) < 4.78 is 4.80. The third-order valence-corrected chi connectivity index (χ3v) is 4.96. The molecule has 0 radical (unpaired) electrons. The van der Waals surface area contributed by atoms with Gasteiger partial charge in [-0.05, 0) is 56.8 Å². The summed E-state index contributed by atoms with van der Waals surface area (Å²) in [6, 6.07) is 0. The Kier molecular flexibility index (Phi) is 3.65. The van der Waals surface area contributed by atoms with E-state index in [2.05, 4.69) is 20.4 Å². The largest absolute Gasteiger partial charge is 0.466 e. The fourth-order valence-corrected chi connectivity index (χ4v) is 3.69. The lowest BCUT2D eigenvalue weighted by Crippen LogP contribution is -2.32. The van der Waals surface area contributed by atoms with Gasteiger partial charge < -0.3 is 4.74 Å². The van der Waals surface area contributed by atoms with Gasteiger partial charge in [-0.1, -0.05) is 24.6 Å². The summed E-state index contributed by atoms with van der Waals surface area (Å²) in [5, 5.41) is 0. The Hall–Kier alpha value is -1.05. The molecule has 0 amide bonds. The van der Waals surface area contributed by atoms with Crippen molar-refractivity contribution in [2.75, 3.05) is 7.11 Å². The Labute approximate surface area is 110 Å². The van der Waals surface area contributed by atoms with E-state index in [4.69, 9.17) is 4.74 Å². The van der Waals surface area contributed by atoms with Gasteiger partial charge in [-0.2, -0.15) is 0 Å². The van der Waals surface area contributed by atoms with Crippen molar-refractivity contribution in [2.45, 2.75) is 52.4 Å². The van der Waals surface area contributed by atoms with Crippen LogP contribution in [0.5, 0.6) is 0 Å². The van der Waals surface area contributed by atoms with E-state index in [1.807, 2.05) is 0 Å². The maximum absolute atomic E-state index is 11.6. The van der Waals surface area contributed by atoms with Crippen LogP contribution in [0.4, 0.5) is 0 Å². The van der Waals surface area contributed by atoms with Crippen molar-refractivity contribution < 1.29 is 9.53 Å². The Morgan fingerprint density at radius 1 is 1.44 bits per heavy atom. The lowest BCUT2D eigenvalue weighted by Gasteiger charge is -2.44. The van der Waals surface area contributed by atoms with Crippen LogP contribution in [0.1, 0.15) is 52.4 Å². The summed E-state index contributed by atoms with van der Waals surface area (Å²) in [6.45, 7) is 8.59. The van der Waals surface area contributed by atoms with E-state index >= 15 is 0 Å². The maximum atomic E-state index is 11.6. The minimum absolute atomic E-state index is 0.238. The molecule has 0 aromatic carbocycles. The zero-order valence-corrected chi connectivity index (χ0v) is 11.8. The Morgan fingerprint density at radius 2 is 2.17 bits per heavy atom. The highest BCUT2D eigenvalue weighted by molar-refractivity contribution is 5.88. The number of methoxy groups -OCH3 is 1. The van der Waals surface area contributed by atoms with Crippen LogP contribution in [0.2, 0.25) is 0 Å². The second-order valence-electron chi connectivity index (χ2n) is 6.13. The Morgan fingerprint density at radius 3 is 2.83 bits per heavy atom. The topological polar surface area (TPSA) is 26.3 Å². The Bertz CT molecular complexity index is 405. The molecule has 2 aliphatic carbocycles. The average molecular weight is 248 g/mol. The molecule has 1 saturated carbocycles. The van der Waals surface area contributed by atoms with Crippen molar-refractivity contribution in [3.63, 3.8) is 0 Å². The summed E-state index contributed by atoms with van der Waals surface area (Å²) in [4.78, 5) is 11.6. The van der Waals surface area contributed by atoms with Crippen molar-refractivity contribution in [3.8, 4) is 0 Å². The van der Waals surface area contributed by atoms with E-state index in [0.717, 1.165) is 12.8 Å². The molecule has 2 nitrogen and oxygen atoms in total. The molecule has 0 aliphatic heterocycles. The van der Waals surface area contributed by atoms with Gasteiger partial charge in [-0.15, -0.1) is 0 Å². The fourth-order valence-electron chi connectivity index (χ4n) is 3.69. The molecular weight excluding hydrogens is 224 g/mol. The lowest BCUT2D eigenvalue weighted by atomic mass is 9.61. The molecule has 1 fully saturated rings. The SMILES string of the molecule is C=C(C(=O)OC)[C@@H]1CC[C@]2(C)CCCC(C)=C2C1. The Balaban J connectivity index is 2.18. The van der Waals surface area contributed by atoms with Gasteiger partial charge >= 0.3 is 5.97 Å². The van der Waals surface area contributed by atoms with Crippen molar-refractivity contribution in [3.05, 3.63) is 23.3 Å². The van der Waals surface area contributed by atoms with E-state index in [9.17, 15) is 4.79 Å². The number of ether oxygens (including phenoxy) is 1. The van der Waals surface area contributed by atoms with Gasteiger partial charge in [0.2, 0.25) is 0 Å². The number of fused-ring (bicyclic) bond motifs is 1.